The maximum atomic E-state index is 10.3. The van der Waals surface area contributed by atoms with Gasteiger partial charge in [0.05, 0.1) is 5.60 Å². The Morgan fingerprint density at radius 3 is 2.68 bits per heavy atom. The molecule has 0 spiro atoms. The molecule has 1 saturated carbocycles. The molecule has 0 aromatic carbocycles. The maximum Gasteiger partial charge on any atom is 0.0797 e. The van der Waals surface area contributed by atoms with E-state index in [1.54, 1.807) is 6.08 Å². The molecule has 1 fully saturated rings. The minimum Gasteiger partial charge on any atom is -0.386 e. The highest BCUT2D eigenvalue weighted by Crippen LogP contribution is 2.62. The van der Waals surface area contributed by atoms with E-state index in [9.17, 15) is 5.11 Å². The van der Waals surface area contributed by atoms with Crippen LogP contribution in [0, 0.1) is 22.7 Å². The van der Waals surface area contributed by atoms with E-state index in [-0.39, 0.29) is 0 Å². The van der Waals surface area contributed by atoms with Crippen LogP contribution in [0.3, 0.4) is 0 Å². The largest absolute Gasteiger partial charge is 0.386 e. The first-order valence-electron chi connectivity index (χ1n) is 8.71. The maximum absolute atomic E-state index is 10.3. The predicted molar refractivity (Wildman–Crippen MR) is 99.2 cm³/mol. The minimum absolute atomic E-state index is 0.323. The quantitative estimate of drug-likeness (QED) is 0.485. The average molecular weight is 369 g/mol. The van der Waals surface area contributed by atoms with Crippen LogP contribution in [0.4, 0.5) is 0 Å². The molecule has 0 aliphatic heterocycles. The zero-order valence-electron chi connectivity index (χ0n) is 15.0. The molecule has 0 aromatic rings. The van der Waals surface area contributed by atoms with E-state index < -0.39 is 5.60 Å². The number of fused-ring (bicyclic) bond motifs is 1. The molecule has 0 heterocycles. The number of aliphatic hydroxyl groups is 1. The molecule has 2 aliphatic carbocycles. The summed E-state index contributed by atoms with van der Waals surface area (Å²) in [6.07, 6.45) is 9.74. The van der Waals surface area contributed by atoms with Gasteiger partial charge in [0.15, 0.2) is 0 Å². The Hall–Kier alpha value is -0.0800. The highest BCUT2D eigenvalue weighted by Gasteiger charge is 2.54. The van der Waals surface area contributed by atoms with Crippen LogP contribution in [0.15, 0.2) is 24.3 Å². The van der Waals surface area contributed by atoms with Gasteiger partial charge in [-0.05, 0) is 68.6 Å². The summed E-state index contributed by atoms with van der Waals surface area (Å²) in [7, 11) is 0. The van der Waals surface area contributed by atoms with Gasteiger partial charge in [-0.2, -0.15) is 0 Å². The van der Waals surface area contributed by atoms with Crippen molar-refractivity contribution in [3.05, 3.63) is 24.3 Å². The van der Waals surface area contributed by atoms with Crippen LogP contribution in [0.25, 0.3) is 0 Å². The van der Waals surface area contributed by atoms with Crippen LogP contribution in [0.1, 0.15) is 66.7 Å². The van der Waals surface area contributed by atoms with E-state index in [2.05, 4.69) is 56.3 Å². The van der Waals surface area contributed by atoms with Gasteiger partial charge in [-0.3, -0.25) is 0 Å². The zero-order valence-corrected chi connectivity index (χ0v) is 16.5. The molecule has 2 heteroatoms. The van der Waals surface area contributed by atoms with Crippen LogP contribution in [0.5, 0.6) is 0 Å². The molecule has 2 rings (SSSR count). The monoisotopic (exact) mass is 368 g/mol. The molecule has 126 valence electrons. The molecule has 2 aliphatic rings. The Balaban J connectivity index is 2.28. The Labute approximate surface area is 145 Å². The first-order chi connectivity index (χ1) is 10.0. The Kier molecular flexibility index (Phi) is 5.06. The third kappa shape index (κ3) is 3.11. The lowest BCUT2D eigenvalue weighted by molar-refractivity contribution is -0.0385. The van der Waals surface area contributed by atoms with E-state index in [0.717, 1.165) is 12.8 Å². The average Bonchev–Trinajstić information content (AvgIpc) is 2.42. The van der Waals surface area contributed by atoms with E-state index in [0.29, 0.717) is 27.5 Å². The number of hydrogen-bond acceptors (Lipinski definition) is 1. The van der Waals surface area contributed by atoms with E-state index >= 15 is 0 Å². The highest BCUT2D eigenvalue weighted by molar-refractivity contribution is 9.09. The summed E-state index contributed by atoms with van der Waals surface area (Å²) >= 11 is 3.94. The van der Waals surface area contributed by atoms with E-state index in [1.807, 2.05) is 6.92 Å². The molecule has 0 bridgehead atoms. The van der Waals surface area contributed by atoms with Gasteiger partial charge in [0.1, 0.15) is 0 Å². The molecule has 22 heavy (non-hydrogen) atoms. The number of allylic oxidation sites excluding steroid dienone is 2. The van der Waals surface area contributed by atoms with Crippen molar-refractivity contribution < 1.29 is 5.11 Å². The van der Waals surface area contributed by atoms with Gasteiger partial charge < -0.3 is 5.11 Å². The van der Waals surface area contributed by atoms with E-state index in [1.165, 1.54) is 24.8 Å². The van der Waals surface area contributed by atoms with Crippen LogP contribution >= 0.6 is 15.9 Å². The summed E-state index contributed by atoms with van der Waals surface area (Å²) in [5.41, 5.74) is 1.46. The van der Waals surface area contributed by atoms with Crippen molar-refractivity contribution in [3.63, 3.8) is 0 Å². The second kappa shape index (κ2) is 6.09. The fraction of sp³-hybridized carbons (Fsp3) is 0.800. The number of alkyl halides is 1. The minimum atomic E-state index is -0.744. The van der Waals surface area contributed by atoms with Crippen molar-refractivity contribution in [2.75, 3.05) is 0 Å². The van der Waals surface area contributed by atoms with Gasteiger partial charge >= 0.3 is 0 Å². The lowest BCUT2D eigenvalue weighted by atomic mass is 9.48. The molecular weight excluding hydrogens is 336 g/mol. The van der Waals surface area contributed by atoms with Gasteiger partial charge in [-0.15, -0.1) is 6.58 Å². The fourth-order valence-corrected chi connectivity index (χ4v) is 5.65. The van der Waals surface area contributed by atoms with Gasteiger partial charge in [-0.25, -0.2) is 0 Å². The third-order valence-corrected chi connectivity index (χ3v) is 8.48. The summed E-state index contributed by atoms with van der Waals surface area (Å²) in [4.78, 5) is 0.613. The summed E-state index contributed by atoms with van der Waals surface area (Å²) < 4.78 is 0. The fourth-order valence-electron chi connectivity index (χ4n) is 5.10. The standard InChI is InChI=1S/C20H33BrO/c1-7-19(5,22)12-10-15-14(2)8-9-16-18(3,4)17(21)11-13-20(15,16)6/h7-8,15-17,22H,1,9-13H2,2-6H3/t15-,16?,17+,19+,20-/m0/s1. The molecule has 5 atom stereocenters. The Morgan fingerprint density at radius 2 is 2.09 bits per heavy atom. The van der Waals surface area contributed by atoms with E-state index in [4.69, 9.17) is 0 Å². The first kappa shape index (κ1) is 18.3. The second-order valence-corrected chi connectivity index (χ2v) is 9.83. The topological polar surface area (TPSA) is 20.2 Å². The Bertz CT molecular complexity index is 462. The SMILES string of the molecule is C=C[C@@](C)(O)CC[C@H]1C(C)=CCC2C(C)(C)[C@H](Br)CC[C@]21C. The van der Waals surface area contributed by atoms with Crippen molar-refractivity contribution >= 4 is 15.9 Å². The second-order valence-electron chi connectivity index (χ2n) is 8.72. The lowest BCUT2D eigenvalue weighted by Crippen LogP contribution is -2.52. The van der Waals surface area contributed by atoms with Crippen molar-refractivity contribution in [2.24, 2.45) is 22.7 Å². The van der Waals surface area contributed by atoms with Crippen molar-refractivity contribution in [1.82, 2.24) is 0 Å². The van der Waals surface area contributed by atoms with Gasteiger partial charge in [0.2, 0.25) is 0 Å². The summed E-state index contributed by atoms with van der Waals surface area (Å²) in [6, 6.07) is 0. The molecule has 0 amide bonds. The zero-order chi connectivity index (χ0) is 16.8. The molecular formula is C20H33BrO. The molecule has 1 N–H and O–H groups in total. The smallest absolute Gasteiger partial charge is 0.0797 e. The summed E-state index contributed by atoms with van der Waals surface area (Å²) in [5.74, 6) is 1.29. The molecule has 1 nitrogen and oxygen atoms in total. The third-order valence-electron chi connectivity index (χ3n) is 6.84. The van der Waals surface area contributed by atoms with Gasteiger partial charge in [0, 0.05) is 4.83 Å². The number of halogens is 1. The van der Waals surface area contributed by atoms with Crippen LogP contribution < -0.4 is 0 Å². The van der Waals surface area contributed by atoms with Gasteiger partial charge in [-0.1, -0.05) is 54.4 Å². The Morgan fingerprint density at radius 1 is 1.45 bits per heavy atom. The van der Waals surface area contributed by atoms with Crippen LogP contribution in [-0.4, -0.2) is 15.5 Å². The van der Waals surface area contributed by atoms with Crippen molar-refractivity contribution in [3.8, 4) is 0 Å². The van der Waals surface area contributed by atoms with Crippen LogP contribution in [0.2, 0.25) is 0 Å². The number of rotatable bonds is 4. The van der Waals surface area contributed by atoms with Gasteiger partial charge in [0.25, 0.3) is 0 Å². The predicted octanol–water partition coefficient (Wildman–Crippen LogP) is 5.88. The molecule has 0 saturated heterocycles. The number of hydrogen-bond donors (Lipinski definition) is 1. The summed E-state index contributed by atoms with van der Waals surface area (Å²) in [5, 5.41) is 10.3. The first-order valence-corrected chi connectivity index (χ1v) is 9.63. The molecule has 0 aromatic heterocycles. The lowest BCUT2D eigenvalue weighted by Gasteiger charge is -2.58. The normalized spacial score (nSPS) is 40.3. The van der Waals surface area contributed by atoms with Crippen LogP contribution in [-0.2, 0) is 0 Å². The van der Waals surface area contributed by atoms with Crippen molar-refractivity contribution in [1.29, 1.82) is 0 Å². The summed E-state index contributed by atoms with van der Waals surface area (Å²) in [6.45, 7) is 15.3. The molecule has 0 radical (unpaired) electrons. The molecule has 1 unspecified atom stereocenters. The van der Waals surface area contributed by atoms with Crippen molar-refractivity contribution in [2.45, 2.75) is 77.2 Å². The highest BCUT2D eigenvalue weighted by atomic mass is 79.9.